The number of allylic oxidation sites excluding steroid dienone is 1. The summed E-state index contributed by atoms with van der Waals surface area (Å²) >= 11 is 6.45. The Balaban J connectivity index is 1.41. The molecular weight excluding hydrogens is 678 g/mol. The predicted octanol–water partition coefficient (Wildman–Crippen LogP) is 5.88. The summed E-state index contributed by atoms with van der Waals surface area (Å²) in [5, 5.41) is 16.0. The molecule has 2 aromatic carbocycles. The van der Waals surface area contributed by atoms with E-state index in [1.165, 1.54) is 29.1 Å². The number of hydrogen-bond acceptors (Lipinski definition) is 8. The van der Waals surface area contributed by atoms with Gasteiger partial charge in [0.25, 0.3) is 11.8 Å². The van der Waals surface area contributed by atoms with Gasteiger partial charge in [-0.1, -0.05) is 50.1 Å². The first-order valence-corrected chi connectivity index (χ1v) is 19.3. The minimum atomic E-state index is -3.58. The highest BCUT2D eigenvalue weighted by molar-refractivity contribution is 7.92. The fourth-order valence-corrected chi connectivity index (χ4v) is 9.14. The number of ether oxygens (including phenoxy) is 2. The molecule has 2 aliphatic heterocycles. The van der Waals surface area contributed by atoms with Crippen molar-refractivity contribution >= 4 is 39.0 Å². The number of carbonyl (C=O) groups is 2. The van der Waals surface area contributed by atoms with Crippen LogP contribution in [0, 0.1) is 11.8 Å². The first-order valence-electron chi connectivity index (χ1n) is 17.3. The zero-order valence-electron chi connectivity index (χ0n) is 29.1. The van der Waals surface area contributed by atoms with Crippen LogP contribution in [0.2, 0.25) is 5.02 Å². The Kier molecular flexibility index (Phi) is 10.6. The lowest BCUT2D eigenvalue weighted by Gasteiger charge is -2.44. The van der Waals surface area contributed by atoms with Crippen molar-refractivity contribution in [2.75, 3.05) is 37.5 Å². The monoisotopic (exact) mass is 723 g/mol. The normalized spacial score (nSPS) is 27.5. The highest BCUT2D eigenvalue weighted by atomic mass is 35.5. The van der Waals surface area contributed by atoms with Gasteiger partial charge < -0.3 is 19.5 Å². The quantitative estimate of drug-likeness (QED) is 0.301. The molecule has 3 aliphatic rings. The Hall–Kier alpha value is -3.87. The Morgan fingerprint density at radius 1 is 1.24 bits per heavy atom. The van der Waals surface area contributed by atoms with E-state index in [1.807, 2.05) is 24.3 Å². The Labute approximate surface area is 299 Å². The SMILES string of the molecule is CCCc1cc(Cl)ccc1[C@]1(C)COc2ccc3cc2N(C[C@@H]2CC[C@H]2[C@@H](O)/C=C\CCCS(=O)(NC(=O)c2cn(C)nc2OC)=NC3=O)C1. The van der Waals surface area contributed by atoms with Crippen LogP contribution in [0.4, 0.5) is 5.69 Å². The summed E-state index contributed by atoms with van der Waals surface area (Å²) < 4.78 is 34.2. The lowest BCUT2D eigenvalue weighted by molar-refractivity contribution is 0.0458. The summed E-state index contributed by atoms with van der Waals surface area (Å²) in [7, 11) is -0.553. The van der Waals surface area contributed by atoms with Gasteiger partial charge in [0, 0.05) is 42.3 Å². The van der Waals surface area contributed by atoms with Crippen molar-refractivity contribution in [3.63, 3.8) is 0 Å². The fraction of sp³-hybridized carbons (Fsp3) is 0.486. The number of aliphatic hydroxyl groups excluding tert-OH is 1. The van der Waals surface area contributed by atoms with Crippen LogP contribution < -0.4 is 19.1 Å². The first-order chi connectivity index (χ1) is 23.9. The van der Waals surface area contributed by atoms with Gasteiger partial charge in [-0.05, 0) is 85.4 Å². The van der Waals surface area contributed by atoms with Crippen LogP contribution >= 0.6 is 11.6 Å². The number of anilines is 1. The van der Waals surface area contributed by atoms with E-state index in [1.54, 1.807) is 25.2 Å². The highest BCUT2D eigenvalue weighted by Crippen LogP contribution is 2.44. The van der Waals surface area contributed by atoms with Gasteiger partial charge in [-0.3, -0.25) is 19.0 Å². The number of rotatable bonds is 6. The lowest BCUT2D eigenvalue weighted by Crippen LogP contribution is -2.47. The molecule has 11 nitrogen and oxygen atoms in total. The van der Waals surface area contributed by atoms with Gasteiger partial charge in [0.2, 0.25) is 5.88 Å². The van der Waals surface area contributed by atoms with Crippen LogP contribution in [-0.2, 0) is 28.8 Å². The van der Waals surface area contributed by atoms with Gasteiger partial charge in [0.15, 0.2) is 0 Å². The second-order valence-corrected chi connectivity index (χ2v) is 16.4. The molecule has 3 heterocycles. The van der Waals surface area contributed by atoms with E-state index >= 15 is 0 Å². The van der Waals surface area contributed by atoms with Crippen LogP contribution in [0.3, 0.4) is 0 Å². The number of aryl methyl sites for hydroxylation is 2. The van der Waals surface area contributed by atoms with Gasteiger partial charge in [-0.2, -0.15) is 0 Å². The number of aromatic nitrogens is 2. The van der Waals surface area contributed by atoms with Crippen LogP contribution in [0.1, 0.15) is 77.8 Å². The third-order valence-corrected chi connectivity index (χ3v) is 12.1. The molecule has 1 unspecified atom stereocenters. The van der Waals surface area contributed by atoms with E-state index < -0.39 is 33.2 Å². The third-order valence-electron chi connectivity index (χ3n) is 10.1. The molecule has 2 N–H and O–H groups in total. The lowest BCUT2D eigenvalue weighted by atomic mass is 9.70. The molecule has 3 aromatic rings. The average Bonchev–Trinajstić information content (AvgIpc) is 3.38. The maximum absolute atomic E-state index is 14.3. The number of methoxy groups -OCH3 is 1. The average molecular weight is 724 g/mol. The van der Waals surface area contributed by atoms with Crippen molar-refractivity contribution in [1.82, 2.24) is 14.5 Å². The maximum atomic E-state index is 14.3. The number of benzene rings is 2. The second kappa shape index (κ2) is 14.8. The largest absolute Gasteiger partial charge is 0.490 e. The number of aliphatic hydroxyl groups is 1. The first kappa shape index (κ1) is 35.9. The minimum Gasteiger partial charge on any atom is -0.490 e. The molecule has 2 amide bonds. The van der Waals surface area contributed by atoms with Crippen LogP contribution in [0.5, 0.6) is 11.6 Å². The summed E-state index contributed by atoms with van der Waals surface area (Å²) in [6, 6.07) is 11.2. The van der Waals surface area contributed by atoms with E-state index in [4.69, 9.17) is 21.1 Å². The molecular formula is C37H46ClN5O6S. The predicted molar refractivity (Wildman–Crippen MR) is 195 cm³/mol. The molecule has 1 aliphatic carbocycles. The topological polar surface area (TPSA) is 135 Å². The molecule has 5 atom stereocenters. The Bertz CT molecular complexity index is 1920. The molecule has 268 valence electrons. The molecule has 0 radical (unpaired) electrons. The molecule has 1 aromatic heterocycles. The third kappa shape index (κ3) is 7.57. The fourth-order valence-electron chi connectivity index (χ4n) is 7.37. The number of hydrogen-bond donors (Lipinski definition) is 2. The number of halogens is 1. The Morgan fingerprint density at radius 2 is 2.06 bits per heavy atom. The van der Waals surface area contributed by atoms with Crippen molar-refractivity contribution in [1.29, 1.82) is 0 Å². The molecule has 50 heavy (non-hydrogen) atoms. The molecule has 2 bridgehead atoms. The van der Waals surface area contributed by atoms with Crippen molar-refractivity contribution in [2.45, 2.75) is 63.9 Å². The summed E-state index contributed by atoms with van der Waals surface area (Å²) in [5.41, 5.74) is 2.98. The van der Waals surface area contributed by atoms with Crippen molar-refractivity contribution in [3.8, 4) is 11.6 Å². The molecule has 6 rings (SSSR count). The number of carbonyl (C=O) groups excluding carboxylic acids is 2. The van der Waals surface area contributed by atoms with Gasteiger partial charge in [-0.25, -0.2) is 4.21 Å². The van der Waals surface area contributed by atoms with Gasteiger partial charge in [0.05, 0.1) is 31.3 Å². The van der Waals surface area contributed by atoms with E-state index in [2.05, 4.69) is 39.0 Å². The highest BCUT2D eigenvalue weighted by Gasteiger charge is 2.41. The van der Waals surface area contributed by atoms with E-state index in [0.29, 0.717) is 43.3 Å². The second-order valence-electron chi connectivity index (χ2n) is 13.9. The van der Waals surface area contributed by atoms with Crippen molar-refractivity contribution in [3.05, 3.63) is 82.0 Å². The van der Waals surface area contributed by atoms with Gasteiger partial charge in [0.1, 0.15) is 21.2 Å². The summed E-state index contributed by atoms with van der Waals surface area (Å²) in [4.78, 5) is 29.5. The zero-order valence-corrected chi connectivity index (χ0v) is 30.6. The number of nitrogens with one attached hydrogen (secondary N) is 1. The Morgan fingerprint density at radius 3 is 2.80 bits per heavy atom. The van der Waals surface area contributed by atoms with Crippen molar-refractivity contribution in [2.24, 2.45) is 23.2 Å². The van der Waals surface area contributed by atoms with Crippen LogP contribution in [-0.4, -0.2) is 69.6 Å². The minimum absolute atomic E-state index is 0.0667. The number of nitrogens with zero attached hydrogens (tertiary/aromatic N) is 4. The molecule has 1 fully saturated rings. The van der Waals surface area contributed by atoms with Crippen molar-refractivity contribution < 1.29 is 28.4 Å². The number of fused-ring (bicyclic) bond motifs is 2. The maximum Gasteiger partial charge on any atom is 0.286 e. The number of amides is 2. The van der Waals surface area contributed by atoms with Crippen LogP contribution in [0.15, 0.2) is 59.1 Å². The summed E-state index contributed by atoms with van der Waals surface area (Å²) in [6.45, 7) is 6.02. The van der Waals surface area contributed by atoms with Gasteiger partial charge in [-0.15, -0.1) is 9.46 Å². The summed E-state index contributed by atoms with van der Waals surface area (Å²) in [5.74, 6) is -0.464. The molecule has 0 spiro atoms. The molecule has 13 heteroatoms. The van der Waals surface area contributed by atoms with E-state index in [9.17, 15) is 18.9 Å². The van der Waals surface area contributed by atoms with E-state index in [-0.39, 0.29) is 34.6 Å². The summed E-state index contributed by atoms with van der Waals surface area (Å²) in [6.07, 6.45) is 9.14. The standard InChI is InChI=1S/C37H46ClN5O6S/c1-5-9-24-18-27(38)13-15-30(24)37(2)22-43-20-26-11-14-28(26)32(44)10-7-6-8-17-50(47,41-35(46)29-21-42(3)39-36(29)48-4)40-34(45)25-12-16-33(49-23-37)31(43)19-25/h7,10,12-13,15-16,18-19,21,26,28,32,44H,5-6,8-9,11,14,17,20,22-23H2,1-4H3,(H,40,41,45,46,47)/b10-7-/t26-,28+,32-,37-,50?/m0/s1. The van der Waals surface area contributed by atoms with E-state index in [0.717, 1.165) is 31.4 Å². The smallest absolute Gasteiger partial charge is 0.286 e. The van der Waals surface area contributed by atoms with Crippen LogP contribution in [0.25, 0.3) is 0 Å². The van der Waals surface area contributed by atoms with Gasteiger partial charge >= 0.3 is 0 Å². The molecule has 1 saturated carbocycles. The molecule has 0 saturated heterocycles. The zero-order chi connectivity index (χ0) is 35.6.